The number of rotatable bonds is 5. The van der Waals surface area contributed by atoms with Gasteiger partial charge < -0.3 is 11.3 Å². The van der Waals surface area contributed by atoms with Crippen molar-refractivity contribution in [3.63, 3.8) is 0 Å². The summed E-state index contributed by atoms with van der Waals surface area (Å²) in [6.45, 7) is 6.01. The number of carbonyl (C=O) groups excluding carboxylic acids is 1. The van der Waals surface area contributed by atoms with E-state index in [0.717, 1.165) is 28.1 Å². The van der Waals surface area contributed by atoms with Gasteiger partial charge in [-0.1, -0.05) is 60.7 Å². The summed E-state index contributed by atoms with van der Waals surface area (Å²) in [6.07, 6.45) is 0. The van der Waals surface area contributed by atoms with Crippen LogP contribution in [0.25, 0.3) is 32.9 Å². The average Bonchev–Trinajstić information content (AvgIpc) is 3.55. The van der Waals surface area contributed by atoms with Crippen molar-refractivity contribution < 1.29 is 45.6 Å². The number of benzene rings is 4. The third-order valence-corrected chi connectivity index (χ3v) is 6.43. The molecule has 0 unspecified atom stereocenters. The van der Waals surface area contributed by atoms with Crippen molar-refractivity contribution in [2.75, 3.05) is 6.61 Å². The normalized spacial score (nSPS) is 10.3. The zero-order chi connectivity index (χ0) is 27.4. The summed E-state index contributed by atoms with van der Waals surface area (Å²) in [4.78, 5) is 11.8. The van der Waals surface area contributed by atoms with Crippen LogP contribution < -0.4 is 29.6 Å². The maximum absolute atomic E-state index is 11.8. The number of aliphatic hydroxyl groups excluding tert-OH is 1. The van der Waals surface area contributed by atoms with Gasteiger partial charge in [-0.05, 0) is 78.7 Å². The first-order chi connectivity index (χ1) is 19.0. The van der Waals surface area contributed by atoms with E-state index in [0.29, 0.717) is 18.0 Å². The molecule has 0 aliphatic rings. The number of aliphatic hydroxyl groups is 1. The molecule has 6 aromatic rings. The summed E-state index contributed by atoms with van der Waals surface area (Å²) >= 11 is 0. The molecule has 4 aromatic carbocycles. The van der Waals surface area contributed by atoms with Crippen molar-refractivity contribution >= 4 is 35.9 Å². The number of hydrogen-bond donors (Lipinski definition) is 1. The second-order valence-electron chi connectivity index (χ2n) is 9.21. The summed E-state index contributed by atoms with van der Waals surface area (Å²) in [6, 6.07) is 32.4. The van der Waals surface area contributed by atoms with Crippen molar-refractivity contribution in [2.45, 2.75) is 27.4 Å². The Morgan fingerprint density at radius 1 is 0.756 bits per heavy atom. The summed E-state index contributed by atoms with van der Waals surface area (Å²) in [5.74, 6) is -0.389. The van der Waals surface area contributed by atoms with E-state index in [2.05, 4.69) is 58.7 Å². The summed E-state index contributed by atoms with van der Waals surface area (Å²) in [5.41, 5.74) is 4.90. The van der Waals surface area contributed by atoms with Crippen LogP contribution in [0.5, 0.6) is 0 Å². The fraction of sp³-hybridized carbons (Fsp3) is 0.156. The maximum atomic E-state index is 11.8. The fourth-order valence-electron chi connectivity index (χ4n) is 4.53. The van der Waals surface area contributed by atoms with Gasteiger partial charge in [0.25, 0.3) is 0 Å². The van der Waals surface area contributed by atoms with Crippen molar-refractivity contribution in [1.29, 1.82) is 0 Å². The SMILES string of the molecule is CCOC(=O)c1cc(C)n(-c2ccc3ccccc3c2)n1.Cc1cc(CO)nn1-c1ccc2ccccc2c1.[B].[H-].[Na+]. The first-order valence-corrected chi connectivity index (χ1v) is 12.9. The zero-order valence-electron chi connectivity index (χ0n) is 24.8. The van der Waals surface area contributed by atoms with E-state index < -0.39 is 0 Å². The van der Waals surface area contributed by atoms with Crippen LogP contribution in [0.15, 0.2) is 97.1 Å². The molecule has 6 rings (SSSR count). The second-order valence-corrected chi connectivity index (χ2v) is 9.21. The minimum atomic E-state index is -0.389. The Kier molecular flexibility index (Phi) is 11.1. The molecule has 0 spiro atoms. The van der Waals surface area contributed by atoms with Crippen LogP contribution in [0.1, 0.15) is 35.9 Å². The Labute approximate surface area is 265 Å². The topological polar surface area (TPSA) is 82.2 Å². The first kappa shape index (κ1) is 31.8. The Balaban J connectivity index is 0.000000276. The molecule has 2 aromatic heterocycles. The van der Waals surface area contributed by atoms with Crippen LogP contribution in [-0.4, -0.2) is 45.7 Å². The molecule has 41 heavy (non-hydrogen) atoms. The van der Waals surface area contributed by atoms with E-state index in [1.807, 2.05) is 61.0 Å². The van der Waals surface area contributed by atoms with Gasteiger partial charge in [-0.15, -0.1) is 0 Å². The molecule has 2 heterocycles. The van der Waals surface area contributed by atoms with Crippen molar-refractivity contribution in [3.8, 4) is 11.4 Å². The maximum Gasteiger partial charge on any atom is 1.00 e. The number of esters is 1. The third kappa shape index (κ3) is 7.15. The van der Waals surface area contributed by atoms with Crippen molar-refractivity contribution in [1.82, 2.24) is 19.6 Å². The zero-order valence-corrected chi connectivity index (χ0v) is 25.8. The molecule has 0 amide bonds. The van der Waals surface area contributed by atoms with Crippen LogP contribution >= 0.6 is 0 Å². The molecule has 9 heteroatoms. The van der Waals surface area contributed by atoms with Gasteiger partial charge in [-0.2, -0.15) is 10.2 Å². The molecule has 0 saturated carbocycles. The van der Waals surface area contributed by atoms with Gasteiger partial charge in [-0.3, -0.25) is 0 Å². The molecule has 0 aliphatic carbocycles. The molecule has 7 nitrogen and oxygen atoms in total. The van der Waals surface area contributed by atoms with Crippen molar-refractivity contribution in [3.05, 3.63) is 120 Å². The smallest absolute Gasteiger partial charge is 1.00 e. The van der Waals surface area contributed by atoms with Gasteiger partial charge in [-0.25, -0.2) is 14.2 Å². The van der Waals surface area contributed by atoms with Crippen LogP contribution in [-0.2, 0) is 11.3 Å². The molecule has 3 radical (unpaired) electrons. The molecule has 0 bridgehead atoms. The number of aromatic nitrogens is 4. The number of carbonyl (C=O) groups is 1. The monoisotopic (exact) mass is 553 g/mol. The molecule has 0 aliphatic heterocycles. The van der Waals surface area contributed by atoms with Gasteiger partial charge in [0.05, 0.1) is 30.3 Å². The number of ether oxygens (including phenoxy) is 1. The Morgan fingerprint density at radius 3 is 1.73 bits per heavy atom. The van der Waals surface area contributed by atoms with Gasteiger partial charge in [0.2, 0.25) is 0 Å². The molecule has 201 valence electrons. The predicted molar refractivity (Wildman–Crippen MR) is 160 cm³/mol. The van der Waals surface area contributed by atoms with Crippen LogP contribution in [0.4, 0.5) is 0 Å². The van der Waals surface area contributed by atoms with E-state index in [4.69, 9.17) is 9.84 Å². The van der Waals surface area contributed by atoms with Crippen LogP contribution in [0.3, 0.4) is 0 Å². The van der Waals surface area contributed by atoms with Crippen LogP contribution in [0, 0.1) is 13.8 Å². The number of aryl methyl sites for hydroxylation is 2. The standard InChI is InChI=1S/C17H16N2O2.C15H14N2O.B.Na.H/c1-3-21-17(20)16-10-12(2)19(18-16)15-9-8-13-6-4-5-7-14(13)11-15;1-11-8-14(10-18)16-17(11)15-7-6-12-4-2-3-5-13(12)9-15;;;/h4-11H,3H2,1-2H3;2-9,18H,10H2,1H3;;;/q;;;+1;-1. The van der Waals surface area contributed by atoms with E-state index >= 15 is 0 Å². The second kappa shape index (κ2) is 14.3. The minimum Gasteiger partial charge on any atom is -1.00 e. The van der Waals surface area contributed by atoms with E-state index in [-0.39, 0.29) is 52.0 Å². The van der Waals surface area contributed by atoms with Gasteiger partial charge in [0.1, 0.15) is 0 Å². The number of fused-ring (bicyclic) bond motifs is 2. The molecular formula is C32H31BN4NaO3. The quantitative estimate of drug-likeness (QED) is 0.262. The van der Waals surface area contributed by atoms with Crippen molar-refractivity contribution in [2.24, 2.45) is 0 Å². The molecule has 1 N–H and O–H groups in total. The first-order valence-electron chi connectivity index (χ1n) is 12.9. The Hall–Kier alpha value is -3.69. The molecule has 0 atom stereocenters. The van der Waals surface area contributed by atoms with Gasteiger partial charge in [0.15, 0.2) is 5.69 Å². The van der Waals surface area contributed by atoms with E-state index in [9.17, 15) is 4.79 Å². The Morgan fingerprint density at radius 2 is 1.24 bits per heavy atom. The minimum absolute atomic E-state index is 0. The largest absolute Gasteiger partial charge is 1.00 e. The Bertz CT molecular complexity index is 1790. The van der Waals surface area contributed by atoms with Crippen LogP contribution in [0.2, 0.25) is 0 Å². The predicted octanol–water partition coefficient (Wildman–Crippen LogP) is 3.07. The summed E-state index contributed by atoms with van der Waals surface area (Å²) < 4.78 is 8.61. The molecule has 0 fully saturated rings. The molecule has 0 saturated heterocycles. The van der Waals surface area contributed by atoms with E-state index in [1.165, 1.54) is 16.2 Å². The van der Waals surface area contributed by atoms with Gasteiger partial charge >= 0.3 is 35.5 Å². The van der Waals surface area contributed by atoms with E-state index in [1.54, 1.807) is 17.7 Å². The number of hydrogen-bond acceptors (Lipinski definition) is 5. The third-order valence-electron chi connectivity index (χ3n) is 6.43. The average molecular weight is 553 g/mol. The molecular weight excluding hydrogens is 522 g/mol. The fourth-order valence-corrected chi connectivity index (χ4v) is 4.53. The number of nitrogens with zero attached hydrogens (tertiary/aromatic N) is 4. The summed E-state index contributed by atoms with van der Waals surface area (Å²) in [5, 5.41) is 22.6. The van der Waals surface area contributed by atoms with Gasteiger partial charge in [0, 0.05) is 19.8 Å². The summed E-state index contributed by atoms with van der Waals surface area (Å²) in [7, 11) is 0.